The smallest absolute Gasteiger partial charge is 0.255 e. The predicted molar refractivity (Wildman–Crippen MR) is 64.0 cm³/mol. The zero-order chi connectivity index (χ0) is 12.1. The minimum absolute atomic E-state index is 0.0406. The van der Waals surface area contributed by atoms with E-state index in [2.05, 4.69) is 23.9 Å². The minimum atomic E-state index is -0.581. The fourth-order valence-electron chi connectivity index (χ4n) is 1.18. The van der Waals surface area contributed by atoms with E-state index in [9.17, 15) is 9.18 Å². The number of nitrogens with one attached hydrogen (secondary N) is 1. The lowest BCUT2D eigenvalue weighted by Gasteiger charge is -2.11. The Morgan fingerprint density at radius 1 is 1.69 bits per heavy atom. The third-order valence-electron chi connectivity index (χ3n) is 2.11. The van der Waals surface area contributed by atoms with Gasteiger partial charge in [0.15, 0.2) is 0 Å². The van der Waals surface area contributed by atoms with Crippen LogP contribution in [-0.4, -0.2) is 11.9 Å². The topological polar surface area (TPSA) is 29.1 Å². The Hall–Kier alpha value is -1.47. The van der Waals surface area contributed by atoms with Crippen LogP contribution in [0.15, 0.2) is 23.1 Å². The normalized spacial score (nSPS) is 11.6. The van der Waals surface area contributed by atoms with Gasteiger partial charge in [0, 0.05) is 4.90 Å². The average Bonchev–Trinajstić information content (AvgIpc) is 2.28. The molecule has 1 aromatic rings. The molecule has 1 atom stereocenters. The maximum absolute atomic E-state index is 13.3. The number of terminal acetylenes is 1. The molecule has 0 saturated heterocycles. The first-order valence-electron chi connectivity index (χ1n) is 4.84. The molecule has 0 bridgehead atoms. The van der Waals surface area contributed by atoms with Crippen LogP contribution >= 0.6 is 12.6 Å². The summed E-state index contributed by atoms with van der Waals surface area (Å²) in [5.41, 5.74) is -0.0406. The number of halogens is 1. The lowest BCUT2D eigenvalue weighted by molar-refractivity contribution is 0.0940. The van der Waals surface area contributed by atoms with Crippen LogP contribution in [0, 0.1) is 18.2 Å². The second-order valence-electron chi connectivity index (χ2n) is 3.27. The summed E-state index contributed by atoms with van der Waals surface area (Å²) in [6.45, 7) is 1.84. The third-order valence-corrected chi connectivity index (χ3v) is 2.39. The van der Waals surface area contributed by atoms with E-state index in [0.717, 1.165) is 0 Å². The lowest BCUT2D eigenvalue weighted by atomic mass is 10.1. The van der Waals surface area contributed by atoms with Crippen LogP contribution in [0.25, 0.3) is 0 Å². The van der Waals surface area contributed by atoms with Gasteiger partial charge in [-0.15, -0.1) is 19.1 Å². The molecule has 2 nitrogen and oxygen atoms in total. The van der Waals surface area contributed by atoms with Crippen LogP contribution in [0.2, 0.25) is 0 Å². The van der Waals surface area contributed by atoms with Gasteiger partial charge in [0.05, 0.1) is 11.6 Å². The molecule has 84 valence electrons. The van der Waals surface area contributed by atoms with Crippen molar-refractivity contribution in [2.45, 2.75) is 24.3 Å². The minimum Gasteiger partial charge on any atom is -0.338 e. The van der Waals surface area contributed by atoms with Crippen molar-refractivity contribution < 1.29 is 9.18 Å². The quantitative estimate of drug-likeness (QED) is 0.613. The molecule has 0 heterocycles. The number of benzene rings is 1. The Morgan fingerprint density at radius 2 is 2.38 bits per heavy atom. The molecule has 0 radical (unpaired) electrons. The van der Waals surface area contributed by atoms with Crippen molar-refractivity contribution in [1.29, 1.82) is 0 Å². The number of carbonyl (C=O) groups is 1. The summed E-state index contributed by atoms with van der Waals surface area (Å²) in [5.74, 6) is 1.32. The molecule has 1 amide bonds. The largest absolute Gasteiger partial charge is 0.338 e. The Kier molecular flexibility index (Phi) is 4.39. The Balaban J connectivity index is 2.89. The van der Waals surface area contributed by atoms with Gasteiger partial charge in [0.25, 0.3) is 5.91 Å². The number of rotatable bonds is 3. The molecule has 0 aliphatic heterocycles. The predicted octanol–water partition coefficient (Wildman–Crippen LogP) is 2.26. The van der Waals surface area contributed by atoms with E-state index in [0.29, 0.717) is 11.3 Å². The highest BCUT2D eigenvalue weighted by Crippen LogP contribution is 2.13. The van der Waals surface area contributed by atoms with Gasteiger partial charge >= 0.3 is 0 Å². The molecule has 1 aromatic carbocycles. The van der Waals surface area contributed by atoms with Crippen LogP contribution in [0.3, 0.4) is 0 Å². The van der Waals surface area contributed by atoms with Crippen LogP contribution in [-0.2, 0) is 0 Å². The highest BCUT2D eigenvalue weighted by Gasteiger charge is 2.14. The van der Waals surface area contributed by atoms with Gasteiger partial charge < -0.3 is 5.32 Å². The molecule has 16 heavy (non-hydrogen) atoms. The van der Waals surface area contributed by atoms with Gasteiger partial charge in [0.1, 0.15) is 5.82 Å². The Bertz CT molecular complexity index is 439. The van der Waals surface area contributed by atoms with Crippen molar-refractivity contribution >= 4 is 18.5 Å². The first-order chi connectivity index (χ1) is 7.58. The molecule has 0 aliphatic carbocycles. The summed E-state index contributed by atoms with van der Waals surface area (Å²) >= 11 is 4.05. The van der Waals surface area contributed by atoms with Crippen molar-refractivity contribution in [3.8, 4) is 12.3 Å². The lowest BCUT2D eigenvalue weighted by Crippen LogP contribution is -2.33. The van der Waals surface area contributed by atoms with Crippen molar-refractivity contribution in [3.05, 3.63) is 29.6 Å². The summed E-state index contributed by atoms with van der Waals surface area (Å²) in [6.07, 6.45) is 5.81. The Labute approximate surface area is 99.7 Å². The summed E-state index contributed by atoms with van der Waals surface area (Å²) < 4.78 is 13.3. The average molecular weight is 237 g/mol. The van der Waals surface area contributed by atoms with Gasteiger partial charge in [-0.3, -0.25) is 4.79 Å². The standard InChI is InChI=1S/C12H12FNOS/c1-3-8(4-2)14-12(15)10-7-9(16)5-6-11(10)13/h1,5-8,16H,4H2,2H3,(H,14,15). The van der Waals surface area contributed by atoms with Crippen LogP contribution in [0.5, 0.6) is 0 Å². The second kappa shape index (κ2) is 5.57. The van der Waals surface area contributed by atoms with E-state index in [1.165, 1.54) is 18.2 Å². The monoisotopic (exact) mass is 237 g/mol. The van der Waals surface area contributed by atoms with E-state index >= 15 is 0 Å². The first-order valence-corrected chi connectivity index (χ1v) is 5.28. The van der Waals surface area contributed by atoms with Crippen molar-refractivity contribution in [3.63, 3.8) is 0 Å². The van der Waals surface area contributed by atoms with Gasteiger partial charge in [-0.05, 0) is 24.6 Å². The fraction of sp³-hybridized carbons (Fsp3) is 0.250. The molecule has 1 rings (SSSR count). The van der Waals surface area contributed by atoms with Crippen molar-refractivity contribution in [2.75, 3.05) is 0 Å². The zero-order valence-electron chi connectivity index (χ0n) is 8.83. The summed E-state index contributed by atoms with van der Waals surface area (Å²) in [4.78, 5) is 12.2. The van der Waals surface area contributed by atoms with E-state index in [1.54, 1.807) is 0 Å². The van der Waals surface area contributed by atoms with Gasteiger partial charge in [-0.1, -0.05) is 12.8 Å². The Morgan fingerprint density at radius 3 is 2.94 bits per heavy atom. The maximum Gasteiger partial charge on any atom is 0.255 e. The molecular formula is C12H12FNOS. The number of carbonyl (C=O) groups excluding carboxylic acids is 1. The van der Waals surface area contributed by atoms with E-state index in [-0.39, 0.29) is 11.6 Å². The number of hydrogen-bond donors (Lipinski definition) is 2. The molecule has 0 spiro atoms. The van der Waals surface area contributed by atoms with Gasteiger partial charge in [-0.25, -0.2) is 4.39 Å². The van der Waals surface area contributed by atoms with Crippen molar-refractivity contribution in [1.82, 2.24) is 5.32 Å². The molecule has 0 aromatic heterocycles. The molecule has 0 aliphatic rings. The third kappa shape index (κ3) is 3.01. The van der Waals surface area contributed by atoms with Crippen LogP contribution in [0.1, 0.15) is 23.7 Å². The molecule has 1 N–H and O–H groups in total. The van der Waals surface area contributed by atoms with Gasteiger partial charge in [0.2, 0.25) is 0 Å². The molecular weight excluding hydrogens is 225 g/mol. The van der Waals surface area contributed by atoms with E-state index in [4.69, 9.17) is 6.42 Å². The summed E-state index contributed by atoms with van der Waals surface area (Å²) in [7, 11) is 0. The van der Waals surface area contributed by atoms with E-state index < -0.39 is 11.7 Å². The van der Waals surface area contributed by atoms with Crippen LogP contribution in [0.4, 0.5) is 4.39 Å². The summed E-state index contributed by atoms with van der Waals surface area (Å²) in [6, 6.07) is 3.68. The van der Waals surface area contributed by atoms with Gasteiger partial charge in [-0.2, -0.15) is 0 Å². The zero-order valence-corrected chi connectivity index (χ0v) is 9.72. The highest BCUT2D eigenvalue weighted by molar-refractivity contribution is 7.80. The highest BCUT2D eigenvalue weighted by atomic mass is 32.1. The SMILES string of the molecule is C#CC(CC)NC(=O)c1cc(S)ccc1F. The second-order valence-corrected chi connectivity index (χ2v) is 3.78. The fourth-order valence-corrected chi connectivity index (χ4v) is 1.39. The molecule has 4 heteroatoms. The van der Waals surface area contributed by atoms with E-state index in [1.807, 2.05) is 6.92 Å². The molecule has 1 unspecified atom stereocenters. The first kappa shape index (κ1) is 12.6. The number of hydrogen-bond acceptors (Lipinski definition) is 2. The number of amides is 1. The maximum atomic E-state index is 13.3. The molecule has 0 saturated carbocycles. The summed E-state index contributed by atoms with van der Waals surface area (Å²) in [5, 5.41) is 2.55. The van der Waals surface area contributed by atoms with Crippen molar-refractivity contribution in [2.24, 2.45) is 0 Å². The molecule has 0 fully saturated rings. The van der Waals surface area contributed by atoms with Crippen LogP contribution < -0.4 is 5.32 Å². The number of thiol groups is 1.